The van der Waals surface area contributed by atoms with Crippen LogP contribution in [0.3, 0.4) is 0 Å². The van der Waals surface area contributed by atoms with Gasteiger partial charge in [0.05, 0.1) is 30.0 Å². The Bertz CT molecular complexity index is 947. The Balaban J connectivity index is 2.10. The summed E-state index contributed by atoms with van der Waals surface area (Å²) in [5.74, 6) is 0. The van der Waals surface area contributed by atoms with Crippen molar-refractivity contribution in [2.75, 3.05) is 18.5 Å². The molecule has 1 unspecified atom stereocenters. The smallest absolute Gasteiger partial charge is 0.412 e. The van der Waals surface area contributed by atoms with E-state index in [4.69, 9.17) is 8.92 Å². The lowest BCUT2D eigenvalue weighted by Gasteiger charge is -2.27. The fourth-order valence-corrected chi connectivity index (χ4v) is 3.28. The number of aromatic nitrogens is 2. The molecule has 10 heteroatoms. The molecule has 160 valence electrons. The highest BCUT2D eigenvalue weighted by Gasteiger charge is 2.31. The quantitative estimate of drug-likeness (QED) is 0.654. The first-order valence-corrected chi connectivity index (χ1v) is 10.4. The number of amides is 1. The molecule has 0 radical (unpaired) electrons. The Morgan fingerprint density at radius 3 is 2.38 bits per heavy atom. The van der Waals surface area contributed by atoms with Gasteiger partial charge in [0.2, 0.25) is 0 Å². The van der Waals surface area contributed by atoms with Crippen molar-refractivity contribution in [3.05, 3.63) is 42.2 Å². The van der Waals surface area contributed by atoms with E-state index in [9.17, 15) is 18.3 Å². The van der Waals surface area contributed by atoms with Crippen LogP contribution < -0.4 is 5.32 Å². The Morgan fingerprint density at radius 2 is 1.83 bits per heavy atom. The minimum Gasteiger partial charge on any atom is -0.444 e. The number of benzene rings is 1. The average molecular weight is 426 g/mol. The summed E-state index contributed by atoms with van der Waals surface area (Å²) in [5.41, 5.74) is -0.574. The monoisotopic (exact) mass is 425 g/mol. The highest BCUT2D eigenvalue weighted by Crippen LogP contribution is 2.22. The summed E-state index contributed by atoms with van der Waals surface area (Å²) < 4.78 is 36.5. The first-order chi connectivity index (χ1) is 13.3. The van der Waals surface area contributed by atoms with Crippen LogP contribution in [-0.2, 0) is 24.6 Å². The minimum absolute atomic E-state index is 0.0242. The molecule has 0 fully saturated rings. The summed E-state index contributed by atoms with van der Waals surface area (Å²) in [6.07, 6.45) is 2.18. The van der Waals surface area contributed by atoms with Gasteiger partial charge in [-0.05, 0) is 46.8 Å². The molecule has 1 aromatic heterocycles. The van der Waals surface area contributed by atoms with Gasteiger partial charge in [-0.2, -0.15) is 13.5 Å². The summed E-state index contributed by atoms with van der Waals surface area (Å²) in [6, 6.07) is 6.25. The number of hydrogen-bond donors (Lipinski definition) is 2. The number of carbonyl (C=O) groups excluding carboxylic acids is 1. The molecule has 0 aliphatic rings. The van der Waals surface area contributed by atoms with Crippen LogP contribution in [0, 0.1) is 6.92 Å². The normalized spacial score (nSPS) is 14.3. The zero-order valence-corrected chi connectivity index (χ0v) is 18.0. The predicted octanol–water partition coefficient (Wildman–Crippen LogP) is 2.65. The number of aliphatic hydroxyl groups is 1. The van der Waals surface area contributed by atoms with Crippen molar-refractivity contribution in [2.24, 2.45) is 0 Å². The standard InChI is InChI=1S/C19H27N3O6S/c1-14-6-8-16(9-7-14)29(25,26)27-13-19(5,12-23)22-11-15(10-20-22)21-17(24)28-18(2,3)4/h6-11,23H,12-13H2,1-5H3,(H,21,24). The maximum absolute atomic E-state index is 12.4. The molecule has 0 bridgehead atoms. The van der Waals surface area contributed by atoms with Gasteiger partial charge in [-0.3, -0.25) is 14.2 Å². The number of ether oxygens (including phenoxy) is 1. The molecule has 0 aliphatic carbocycles. The third-order valence-corrected chi connectivity index (χ3v) is 5.23. The topological polar surface area (TPSA) is 120 Å². The van der Waals surface area contributed by atoms with Crippen molar-refractivity contribution in [2.45, 2.75) is 50.7 Å². The highest BCUT2D eigenvalue weighted by molar-refractivity contribution is 7.86. The molecule has 2 aromatic rings. The van der Waals surface area contributed by atoms with Crippen molar-refractivity contribution < 1.29 is 27.2 Å². The molecule has 29 heavy (non-hydrogen) atoms. The number of nitrogens with one attached hydrogen (secondary N) is 1. The lowest BCUT2D eigenvalue weighted by molar-refractivity contribution is 0.0636. The number of carbonyl (C=O) groups is 1. The molecule has 9 nitrogen and oxygen atoms in total. The van der Waals surface area contributed by atoms with Gasteiger partial charge >= 0.3 is 6.09 Å². The van der Waals surface area contributed by atoms with E-state index in [1.54, 1.807) is 39.8 Å². The largest absolute Gasteiger partial charge is 0.444 e. The van der Waals surface area contributed by atoms with Crippen molar-refractivity contribution >= 4 is 21.9 Å². The minimum atomic E-state index is -4.00. The number of aliphatic hydroxyl groups excluding tert-OH is 1. The summed E-state index contributed by atoms with van der Waals surface area (Å²) >= 11 is 0. The van der Waals surface area contributed by atoms with Crippen LogP contribution in [0.5, 0.6) is 0 Å². The third kappa shape index (κ3) is 6.28. The molecule has 0 spiro atoms. The number of nitrogens with zero attached hydrogens (tertiary/aromatic N) is 2. The SMILES string of the molecule is Cc1ccc(S(=O)(=O)OCC(C)(CO)n2cc(NC(=O)OC(C)(C)C)cn2)cc1. The van der Waals surface area contributed by atoms with E-state index < -0.39 is 34.0 Å². The van der Waals surface area contributed by atoms with E-state index in [0.29, 0.717) is 5.69 Å². The Labute approximate surface area is 170 Å². The number of rotatable bonds is 7. The second-order valence-electron chi connectivity index (χ2n) is 7.98. The van der Waals surface area contributed by atoms with Crippen molar-refractivity contribution in [3.8, 4) is 0 Å². The van der Waals surface area contributed by atoms with E-state index in [0.717, 1.165) is 5.56 Å². The van der Waals surface area contributed by atoms with Crippen LogP contribution in [0.15, 0.2) is 41.6 Å². The highest BCUT2D eigenvalue weighted by atomic mass is 32.2. The van der Waals surface area contributed by atoms with Gasteiger partial charge in [0, 0.05) is 6.20 Å². The molecule has 2 N–H and O–H groups in total. The summed E-state index contributed by atoms with van der Waals surface area (Å²) in [7, 11) is -4.00. The van der Waals surface area contributed by atoms with Gasteiger partial charge in [-0.25, -0.2) is 4.79 Å². The zero-order chi connectivity index (χ0) is 21.9. The van der Waals surface area contributed by atoms with Gasteiger partial charge in [-0.15, -0.1) is 0 Å². The molecule has 0 saturated heterocycles. The van der Waals surface area contributed by atoms with Gasteiger partial charge < -0.3 is 9.84 Å². The molecule has 1 amide bonds. The van der Waals surface area contributed by atoms with Gasteiger partial charge in [0.25, 0.3) is 10.1 Å². The molecular weight excluding hydrogens is 398 g/mol. The van der Waals surface area contributed by atoms with E-state index in [1.807, 2.05) is 6.92 Å². The van der Waals surface area contributed by atoms with Crippen LogP contribution in [0.1, 0.15) is 33.3 Å². The predicted molar refractivity (Wildman–Crippen MR) is 107 cm³/mol. The lowest BCUT2D eigenvalue weighted by Crippen LogP contribution is -2.40. The van der Waals surface area contributed by atoms with Crippen LogP contribution in [0.4, 0.5) is 10.5 Å². The Kier molecular flexibility index (Phi) is 6.71. The zero-order valence-electron chi connectivity index (χ0n) is 17.2. The molecule has 1 atom stereocenters. The van der Waals surface area contributed by atoms with Gasteiger partial charge in [0.1, 0.15) is 11.1 Å². The fourth-order valence-electron chi connectivity index (χ4n) is 2.27. The second kappa shape index (κ2) is 8.52. The van der Waals surface area contributed by atoms with E-state index >= 15 is 0 Å². The first-order valence-electron chi connectivity index (χ1n) is 8.97. The van der Waals surface area contributed by atoms with E-state index in [1.165, 1.54) is 29.2 Å². The first kappa shape index (κ1) is 22.9. The lowest BCUT2D eigenvalue weighted by atomic mass is 10.1. The van der Waals surface area contributed by atoms with E-state index in [2.05, 4.69) is 10.4 Å². The van der Waals surface area contributed by atoms with Crippen LogP contribution in [0.25, 0.3) is 0 Å². The molecular formula is C19H27N3O6S. The number of aryl methyl sites for hydroxylation is 1. The van der Waals surface area contributed by atoms with Gasteiger partial charge in [0.15, 0.2) is 0 Å². The van der Waals surface area contributed by atoms with Crippen LogP contribution in [-0.4, -0.2) is 48.2 Å². The molecule has 2 rings (SSSR count). The summed E-state index contributed by atoms with van der Waals surface area (Å²) in [5, 5.41) is 16.5. The second-order valence-corrected chi connectivity index (χ2v) is 9.60. The fraction of sp³-hybridized carbons (Fsp3) is 0.474. The van der Waals surface area contributed by atoms with Crippen molar-refractivity contribution in [1.29, 1.82) is 0 Å². The molecule has 1 heterocycles. The van der Waals surface area contributed by atoms with Crippen molar-refractivity contribution in [3.63, 3.8) is 0 Å². The number of anilines is 1. The average Bonchev–Trinajstić information content (AvgIpc) is 3.07. The van der Waals surface area contributed by atoms with Crippen LogP contribution >= 0.6 is 0 Å². The third-order valence-electron chi connectivity index (χ3n) is 3.96. The molecule has 0 aliphatic heterocycles. The maximum atomic E-state index is 12.4. The van der Waals surface area contributed by atoms with Crippen LogP contribution in [0.2, 0.25) is 0 Å². The maximum Gasteiger partial charge on any atom is 0.412 e. The van der Waals surface area contributed by atoms with Gasteiger partial charge in [-0.1, -0.05) is 17.7 Å². The van der Waals surface area contributed by atoms with E-state index in [-0.39, 0.29) is 11.5 Å². The summed E-state index contributed by atoms with van der Waals surface area (Å²) in [4.78, 5) is 11.9. The molecule has 1 aromatic carbocycles. The Morgan fingerprint density at radius 1 is 1.21 bits per heavy atom. The number of hydrogen-bond acceptors (Lipinski definition) is 7. The summed E-state index contributed by atoms with van der Waals surface area (Å²) in [6.45, 7) is 7.86. The Hall–Kier alpha value is -2.43. The van der Waals surface area contributed by atoms with Crippen molar-refractivity contribution in [1.82, 2.24) is 9.78 Å². The molecule has 0 saturated carbocycles.